The van der Waals surface area contributed by atoms with Crippen molar-refractivity contribution in [3.8, 4) is 0 Å². The van der Waals surface area contributed by atoms with Gasteiger partial charge in [0.05, 0.1) is 16.6 Å². The van der Waals surface area contributed by atoms with E-state index >= 15 is 0 Å². The molecule has 0 aliphatic carbocycles. The van der Waals surface area contributed by atoms with Crippen LogP contribution in [0.3, 0.4) is 0 Å². The Morgan fingerprint density at radius 1 is 1.62 bits per heavy atom. The highest BCUT2D eigenvalue weighted by molar-refractivity contribution is 9.10. The normalized spacial score (nSPS) is 14.2. The molecule has 2 rings (SSSR count). The first-order valence-corrected chi connectivity index (χ1v) is 4.66. The second kappa shape index (κ2) is 2.80. The molecule has 0 spiro atoms. The summed E-state index contributed by atoms with van der Waals surface area (Å²) in [6, 6.07) is 1.67. The summed E-state index contributed by atoms with van der Waals surface area (Å²) in [5, 5.41) is 2.63. The standard InChI is InChI=1S/C9H7BrFNO/c1-4-2-6(10)8(11)5-3-7(13)12-9(4)5/h2H,3H2,1H3,(H,12,13). The number of rotatable bonds is 0. The number of nitrogens with one attached hydrogen (secondary N) is 1. The van der Waals surface area contributed by atoms with Gasteiger partial charge < -0.3 is 5.32 Å². The molecule has 0 atom stereocenters. The van der Waals surface area contributed by atoms with Crippen LogP contribution in [0.25, 0.3) is 0 Å². The summed E-state index contributed by atoms with van der Waals surface area (Å²) >= 11 is 3.11. The monoisotopic (exact) mass is 243 g/mol. The highest BCUT2D eigenvalue weighted by atomic mass is 79.9. The lowest BCUT2D eigenvalue weighted by Crippen LogP contribution is -2.04. The smallest absolute Gasteiger partial charge is 0.229 e. The lowest BCUT2D eigenvalue weighted by atomic mass is 10.1. The predicted molar refractivity (Wildman–Crippen MR) is 51.2 cm³/mol. The summed E-state index contributed by atoms with van der Waals surface area (Å²) in [6.45, 7) is 1.84. The van der Waals surface area contributed by atoms with Crippen molar-refractivity contribution >= 4 is 27.5 Å². The molecule has 1 N–H and O–H groups in total. The van der Waals surface area contributed by atoms with Crippen LogP contribution in [0.5, 0.6) is 0 Å². The topological polar surface area (TPSA) is 29.1 Å². The van der Waals surface area contributed by atoms with Gasteiger partial charge in [-0.05, 0) is 34.5 Å². The third kappa shape index (κ3) is 1.25. The molecule has 1 aliphatic rings. The molecule has 1 heterocycles. The number of carbonyl (C=O) groups excluding carboxylic acids is 1. The van der Waals surface area contributed by atoms with Crippen molar-refractivity contribution in [3.63, 3.8) is 0 Å². The van der Waals surface area contributed by atoms with Crippen molar-refractivity contribution in [2.45, 2.75) is 13.3 Å². The fraction of sp³-hybridized carbons (Fsp3) is 0.222. The SMILES string of the molecule is Cc1cc(Br)c(F)c2c1NC(=O)C2. The first kappa shape index (κ1) is 8.69. The van der Waals surface area contributed by atoms with E-state index in [1.807, 2.05) is 6.92 Å². The van der Waals surface area contributed by atoms with Gasteiger partial charge in [0.1, 0.15) is 5.82 Å². The van der Waals surface area contributed by atoms with Crippen LogP contribution in [-0.4, -0.2) is 5.91 Å². The number of fused-ring (bicyclic) bond motifs is 1. The molecule has 1 aliphatic heterocycles. The van der Waals surface area contributed by atoms with E-state index in [1.165, 1.54) is 0 Å². The zero-order valence-corrected chi connectivity index (χ0v) is 8.53. The van der Waals surface area contributed by atoms with E-state index < -0.39 is 0 Å². The van der Waals surface area contributed by atoms with E-state index in [4.69, 9.17) is 0 Å². The van der Waals surface area contributed by atoms with Gasteiger partial charge in [0, 0.05) is 5.56 Å². The molecular weight excluding hydrogens is 237 g/mol. The highest BCUT2D eigenvalue weighted by Crippen LogP contribution is 2.33. The van der Waals surface area contributed by atoms with E-state index in [9.17, 15) is 9.18 Å². The molecule has 0 saturated heterocycles. The fourth-order valence-electron chi connectivity index (χ4n) is 1.50. The van der Waals surface area contributed by atoms with E-state index in [-0.39, 0.29) is 18.1 Å². The minimum absolute atomic E-state index is 0.140. The van der Waals surface area contributed by atoms with Crippen LogP contribution in [0.4, 0.5) is 10.1 Å². The van der Waals surface area contributed by atoms with Crippen molar-refractivity contribution in [2.75, 3.05) is 5.32 Å². The van der Waals surface area contributed by atoms with Gasteiger partial charge in [-0.1, -0.05) is 0 Å². The number of aryl methyl sites for hydroxylation is 1. The Kier molecular flexibility index (Phi) is 1.87. The number of benzene rings is 1. The summed E-state index contributed by atoms with van der Waals surface area (Å²) < 4.78 is 13.8. The largest absolute Gasteiger partial charge is 0.325 e. The number of hydrogen-bond acceptors (Lipinski definition) is 1. The van der Waals surface area contributed by atoms with Gasteiger partial charge in [-0.3, -0.25) is 4.79 Å². The molecule has 0 aromatic heterocycles. The van der Waals surface area contributed by atoms with Gasteiger partial charge in [0.15, 0.2) is 0 Å². The van der Waals surface area contributed by atoms with Gasteiger partial charge in [-0.2, -0.15) is 0 Å². The van der Waals surface area contributed by atoms with E-state index in [2.05, 4.69) is 21.2 Å². The third-order valence-corrected chi connectivity index (χ3v) is 2.69. The Labute approximate surface area is 83.3 Å². The van der Waals surface area contributed by atoms with Crippen LogP contribution in [0.1, 0.15) is 11.1 Å². The fourth-order valence-corrected chi connectivity index (χ4v) is 2.08. The van der Waals surface area contributed by atoms with Crippen LogP contribution >= 0.6 is 15.9 Å². The van der Waals surface area contributed by atoms with Crippen molar-refractivity contribution in [1.82, 2.24) is 0 Å². The molecule has 1 amide bonds. The average Bonchev–Trinajstić information content (AvgIpc) is 2.44. The Balaban J connectivity index is 2.69. The van der Waals surface area contributed by atoms with Gasteiger partial charge >= 0.3 is 0 Å². The Bertz CT molecular complexity index is 403. The molecule has 1 aromatic carbocycles. The number of hydrogen-bond donors (Lipinski definition) is 1. The second-order valence-corrected chi connectivity index (χ2v) is 3.92. The van der Waals surface area contributed by atoms with Crippen molar-refractivity contribution in [2.24, 2.45) is 0 Å². The maximum Gasteiger partial charge on any atom is 0.229 e. The van der Waals surface area contributed by atoms with Crippen LogP contribution < -0.4 is 5.32 Å². The van der Waals surface area contributed by atoms with Crippen molar-refractivity contribution in [1.29, 1.82) is 0 Å². The molecule has 0 radical (unpaired) electrons. The molecule has 68 valence electrons. The lowest BCUT2D eigenvalue weighted by Gasteiger charge is -2.05. The minimum Gasteiger partial charge on any atom is -0.325 e. The number of carbonyl (C=O) groups is 1. The van der Waals surface area contributed by atoms with Crippen LogP contribution in [0.2, 0.25) is 0 Å². The predicted octanol–water partition coefficient (Wildman–Crippen LogP) is 2.39. The van der Waals surface area contributed by atoms with E-state index in [0.29, 0.717) is 15.7 Å². The average molecular weight is 244 g/mol. The van der Waals surface area contributed by atoms with Gasteiger partial charge in [0.2, 0.25) is 5.91 Å². The first-order valence-electron chi connectivity index (χ1n) is 3.87. The molecule has 0 bridgehead atoms. The van der Waals surface area contributed by atoms with Crippen LogP contribution in [-0.2, 0) is 11.2 Å². The quantitative estimate of drug-likeness (QED) is 0.745. The summed E-state index contributed by atoms with van der Waals surface area (Å²) in [7, 11) is 0. The Morgan fingerprint density at radius 3 is 3.00 bits per heavy atom. The Morgan fingerprint density at radius 2 is 2.31 bits per heavy atom. The number of anilines is 1. The van der Waals surface area contributed by atoms with Crippen molar-refractivity contribution < 1.29 is 9.18 Å². The van der Waals surface area contributed by atoms with Crippen LogP contribution in [0.15, 0.2) is 10.5 Å². The van der Waals surface area contributed by atoms with Crippen molar-refractivity contribution in [3.05, 3.63) is 27.5 Å². The van der Waals surface area contributed by atoms with Gasteiger partial charge in [-0.15, -0.1) is 0 Å². The zero-order chi connectivity index (χ0) is 9.59. The van der Waals surface area contributed by atoms with E-state index in [1.54, 1.807) is 6.07 Å². The number of halogens is 2. The zero-order valence-electron chi connectivity index (χ0n) is 6.95. The van der Waals surface area contributed by atoms with Crippen LogP contribution in [0, 0.1) is 12.7 Å². The van der Waals surface area contributed by atoms with Gasteiger partial charge in [-0.25, -0.2) is 4.39 Å². The molecule has 13 heavy (non-hydrogen) atoms. The summed E-state index contributed by atoms with van der Waals surface area (Å²) in [6.07, 6.45) is 0.140. The van der Waals surface area contributed by atoms with E-state index in [0.717, 1.165) is 5.56 Å². The molecule has 0 fully saturated rings. The molecule has 2 nitrogen and oxygen atoms in total. The first-order chi connectivity index (χ1) is 6.09. The molecule has 0 unspecified atom stereocenters. The minimum atomic E-state index is -0.334. The Hall–Kier alpha value is -0.900. The second-order valence-electron chi connectivity index (χ2n) is 3.07. The highest BCUT2D eigenvalue weighted by Gasteiger charge is 2.24. The summed E-state index contributed by atoms with van der Waals surface area (Å²) in [5.74, 6) is -0.478. The maximum atomic E-state index is 13.4. The summed E-state index contributed by atoms with van der Waals surface area (Å²) in [5.41, 5.74) is 1.98. The van der Waals surface area contributed by atoms with Gasteiger partial charge in [0.25, 0.3) is 0 Å². The number of amides is 1. The molecule has 4 heteroatoms. The lowest BCUT2D eigenvalue weighted by molar-refractivity contribution is -0.115. The molecule has 1 aromatic rings. The summed E-state index contributed by atoms with van der Waals surface area (Å²) in [4.78, 5) is 11.0. The maximum absolute atomic E-state index is 13.4. The molecule has 0 saturated carbocycles. The molecular formula is C9H7BrFNO. The third-order valence-electron chi connectivity index (χ3n) is 2.12.